The molecule has 0 aliphatic heterocycles. The average molecular weight is 226 g/mol. The van der Waals surface area contributed by atoms with Crippen LogP contribution in [-0.4, -0.2) is 22.4 Å². The minimum absolute atomic E-state index is 0.240. The van der Waals surface area contributed by atoms with E-state index in [2.05, 4.69) is 0 Å². The number of aliphatic hydroxyl groups excluding tert-OH is 2. The van der Waals surface area contributed by atoms with Gasteiger partial charge in [-0.15, -0.1) is 0 Å². The summed E-state index contributed by atoms with van der Waals surface area (Å²) in [5.41, 5.74) is 0.416. The van der Waals surface area contributed by atoms with Crippen LogP contribution in [0.15, 0.2) is 18.2 Å². The van der Waals surface area contributed by atoms with Crippen molar-refractivity contribution in [1.29, 1.82) is 0 Å². The van der Waals surface area contributed by atoms with E-state index in [0.717, 1.165) is 19.3 Å². The summed E-state index contributed by atoms with van der Waals surface area (Å²) < 4.78 is 18.5. The summed E-state index contributed by atoms with van der Waals surface area (Å²) in [6.07, 6.45) is 1.76. The van der Waals surface area contributed by atoms with E-state index in [1.54, 1.807) is 0 Å². The minimum Gasteiger partial charge on any atom is -0.487 e. The first kappa shape index (κ1) is 11.4. The number of aliphatic hydroxyl groups is 2. The fourth-order valence-electron chi connectivity index (χ4n) is 1.99. The summed E-state index contributed by atoms with van der Waals surface area (Å²) in [5.74, 6) is 0.0539. The van der Waals surface area contributed by atoms with Crippen LogP contribution in [0.3, 0.4) is 0 Å². The number of hydrogen-bond donors (Lipinski definition) is 2. The van der Waals surface area contributed by atoms with Gasteiger partial charge in [0.25, 0.3) is 0 Å². The molecule has 0 spiro atoms. The van der Waals surface area contributed by atoms with E-state index in [0.29, 0.717) is 11.3 Å². The Balaban J connectivity index is 2.14. The molecule has 3 nitrogen and oxygen atoms in total. The van der Waals surface area contributed by atoms with Gasteiger partial charge < -0.3 is 14.9 Å². The Labute approximate surface area is 93.5 Å². The molecule has 0 aromatic heterocycles. The van der Waals surface area contributed by atoms with Crippen molar-refractivity contribution in [2.45, 2.75) is 38.1 Å². The van der Waals surface area contributed by atoms with Gasteiger partial charge in [-0.2, -0.15) is 0 Å². The second kappa shape index (κ2) is 4.80. The lowest BCUT2D eigenvalue weighted by molar-refractivity contribution is 0.0588. The third-order valence-electron chi connectivity index (χ3n) is 2.89. The lowest BCUT2D eigenvalue weighted by atomic mass is 10.2. The van der Waals surface area contributed by atoms with E-state index in [9.17, 15) is 9.50 Å². The van der Waals surface area contributed by atoms with Crippen molar-refractivity contribution in [2.75, 3.05) is 0 Å². The van der Waals surface area contributed by atoms with Crippen LogP contribution < -0.4 is 4.74 Å². The van der Waals surface area contributed by atoms with Crippen molar-refractivity contribution in [1.82, 2.24) is 0 Å². The predicted molar refractivity (Wildman–Crippen MR) is 56.6 cm³/mol. The van der Waals surface area contributed by atoms with Crippen molar-refractivity contribution in [3.8, 4) is 5.75 Å². The molecule has 2 unspecified atom stereocenters. The molecule has 1 fully saturated rings. The Bertz CT molecular complexity index is 367. The highest BCUT2D eigenvalue weighted by molar-refractivity contribution is 5.33. The molecule has 4 heteroatoms. The van der Waals surface area contributed by atoms with Gasteiger partial charge in [-0.25, -0.2) is 4.39 Å². The standard InChI is InChI=1S/C12H15FO3/c13-9-4-5-11(8(6-9)7-14)16-12-3-1-2-10(12)15/h4-6,10,12,14-15H,1-3,7H2. The normalized spacial score (nSPS) is 24.7. The molecule has 1 saturated carbocycles. The summed E-state index contributed by atoms with van der Waals surface area (Å²) in [6, 6.07) is 4.03. The van der Waals surface area contributed by atoms with Crippen LogP contribution in [0, 0.1) is 5.82 Å². The second-order valence-electron chi connectivity index (χ2n) is 4.06. The highest BCUT2D eigenvalue weighted by Gasteiger charge is 2.27. The van der Waals surface area contributed by atoms with Crippen molar-refractivity contribution in [2.24, 2.45) is 0 Å². The molecular formula is C12H15FO3. The summed E-state index contributed by atoms with van der Waals surface area (Å²) in [4.78, 5) is 0. The van der Waals surface area contributed by atoms with Crippen LogP contribution in [0.4, 0.5) is 4.39 Å². The largest absolute Gasteiger partial charge is 0.487 e. The Morgan fingerprint density at radius 3 is 2.81 bits per heavy atom. The maximum atomic E-state index is 12.9. The molecule has 88 valence electrons. The minimum atomic E-state index is -0.461. The molecule has 2 atom stereocenters. The zero-order valence-electron chi connectivity index (χ0n) is 8.90. The molecule has 1 aliphatic carbocycles. The Kier molecular flexibility index (Phi) is 3.41. The zero-order valence-corrected chi connectivity index (χ0v) is 8.90. The number of benzene rings is 1. The van der Waals surface area contributed by atoms with Gasteiger partial charge in [0.15, 0.2) is 0 Å². The quantitative estimate of drug-likeness (QED) is 0.823. The maximum Gasteiger partial charge on any atom is 0.125 e. The van der Waals surface area contributed by atoms with Crippen LogP contribution >= 0.6 is 0 Å². The average Bonchev–Trinajstić information content (AvgIpc) is 2.67. The van der Waals surface area contributed by atoms with Gasteiger partial charge in [0, 0.05) is 5.56 Å². The van der Waals surface area contributed by atoms with Crippen LogP contribution in [0.2, 0.25) is 0 Å². The van der Waals surface area contributed by atoms with Crippen LogP contribution in [0.5, 0.6) is 5.75 Å². The zero-order chi connectivity index (χ0) is 11.5. The highest BCUT2D eigenvalue weighted by atomic mass is 19.1. The Hall–Kier alpha value is -1.13. The summed E-state index contributed by atoms with van der Waals surface area (Å²) in [7, 11) is 0. The molecule has 2 N–H and O–H groups in total. The fourth-order valence-corrected chi connectivity index (χ4v) is 1.99. The molecule has 1 aromatic rings. The van der Waals surface area contributed by atoms with Gasteiger partial charge in [-0.1, -0.05) is 0 Å². The summed E-state index contributed by atoms with van der Waals surface area (Å²) in [6.45, 7) is -0.268. The Morgan fingerprint density at radius 2 is 2.19 bits per heavy atom. The van der Waals surface area contributed by atoms with Crippen molar-refractivity contribution < 1.29 is 19.3 Å². The molecule has 1 aliphatic rings. The SMILES string of the molecule is OCc1cc(F)ccc1OC1CCCC1O. The first-order valence-electron chi connectivity index (χ1n) is 5.44. The molecule has 0 amide bonds. The summed E-state index contributed by atoms with van der Waals surface area (Å²) in [5, 5.41) is 18.7. The second-order valence-corrected chi connectivity index (χ2v) is 4.06. The predicted octanol–water partition coefficient (Wildman–Crippen LogP) is 1.61. The van der Waals surface area contributed by atoms with Gasteiger partial charge in [-0.3, -0.25) is 0 Å². The maximum absolute atomic E-state index is 12.9. The fraction of sp³-hybridized carbons (Fsp3) is 0.500. The van der Waals surface area contributed by atoms with Crippen molar-refractivity contribution in [3.63, 3.8) is 0 Å². The van der Waals surface area contributed by atoms with Crippen molar-refractivity contribution in [3.05, 3.63) is 29.6 Å². The van der Waals surface area contributed by atoms with Gasteiger partial charge in [-0.05, 0) is 37.5 Å². The van der Waals surface area contributed by atoms with Gasteiger partial charge in [0.05, 0.1) is 12.7 Å². The molecule has 0 bridgehead atoms. The van der Waals surface area contributed by atoms with Gasteiger partial charge in [0.2, 0.25) is 0 Å². The molecule has 0 saturated heterocycles. The highest BCUT2D eigenvalue weighted by Crippen LogP contribution is 2.27. The van der Waals surface area contributed by atoms with E-state index in [1.165, 1.54) is 18.2 Å². The third kappa shape index (κ3) is 2.33. The smallest absolute Gasteiger partial charge is 0.125 e. The van der Waals surface area contributed by atoms with Crippen LogP contribution in [0.1, 0.15) is 24.8 Å². The third-order valence-corrected chi connectivity index (χ3v) is 2.89. The first-order valence-corrected chi connectivity index (χ1v) is 5.44. The molecular weight excluding hydrogens is 211 g/mol. The van der Waals surface area contributed by atoms with Gasteiger partial charge >= 0.3 is 0 Å². The molecule has 16 heavy (non-hydrogen) atoms. The first-order chi connectivity index (χ1) is 7.70. The van der Waals surface area contributed by atoms with Crippen LogP contribution in [-0.2, 0) is 6.61 Å². The number of rotatable bonds is 3. The van der Waals surface area contributed by atoms with E-state index in [4.69, 9.17) is 9.84 Å². The van der Waals surface area contributed by atoms with Gasteiger partial charge in [0.1, 0.15) is 17.7 Å². The number of halogens is 1. The van der Waals surface area contributed by atoms with Crippen molar-refractivity contribution >= 4 is 0 Å². The van der Waals surface area contributed by atoms with Crippen LogP contribution in [0.25, 0.3) is 0 Å². The number of hydrogen-bond acceptors (Lipinski definition) is 3. The number of ether oxygens (including phenoxy) is 1. The topological polar surface area (TPSA) is 49.7 Å². The summed E-state index contributed by atoms with van der Waals surface area (Å²) >= 11 is 0. The lowest BCUT2D eigenvalue weighted by Crippen LogP contribution is -2.26. The Morgan fingerprint density at radius 1 is 1.38 bits per heavy atom. The molecule has 0 radical (unpaired) electrons. The van der Waals surface area contributed by atoms with E-state index in [-0.39, 0.29) is 12.7 Å². The lowest BCUT2D eigenvalue weighted by Gasteiger charge is -2.18. The molecule has 1 aromatic carbocycles. The van der Waals surface area contributed by atoms with E-state index >= 15 is 0 Å². The van der Waals surface area contributed by atoms with E-state index < -0.39 is 11.9 Å². The monoisotopic (exact) mass is 226 g/mol. The van der Waals surface area contributed by atoms with E-state index in [1.807, 2.05) is 0 Å². The molecule has 0 heterocycles. The molecule has 2 rings (SSSR count).